The fourth-order valence-electron chi connectivity index (χ4n) is 3.22. The molecule has 2 atom stereocenters. The Hall–Kier alpha value is -4.35. The Morgan fingerprint density at radius 1 is 1.28 bits per heavy atom. The SMILES string of the molecule is Nc1cc(Nc2cccn(-c3ncccc3F)c2=O)nc2c(C(=O)N[C@@H]3C[C@@H]3F)cnn12. The van der Waals surface area contributed by atoms with Crippen molar-refractivity contribution in [1.29, 1.82) is 0 Å². The molecule has 0 aliphatic heterocycles. The summed E-state index contributed by atoms with van der Waals surface area (Å²) in [5.74, 6) is -1.02. The molecule has 162 valence electrons. The summed E-state index contributed by atoms with van der Waals surface area (Å²) in [5.41, 5.74) is 5.78. The molecule has 0 bridgehead atoms. The van der Waals surface area contributed by atoms with Gasteiger partial charge in [-0.3, -0.25) is 14.2 Å². The van der Waals surface area contributed by atoms with Crippen LogP contribution in [0.2, 0.25) is 0 Å². The van der Waals surface area contributed by atoms with E-state index in [1.165, 1.54) is 47.4 Å². The quantitative estimate of drug-likeness (QED) is 0.431. The second-order valence-corrected chi connectivity index (χ2v) is 7.22. The first-order valence-electron chi connectivity index (χ1n) is 9.61. The van der Waals surface area contributed by atoms with Crippen LogP contribution in [0.25, 0.3) is 11.5 Å². The molecule has 1 fully saturated rings. The number of rotatable bonds is 5. The van der Waals surface area contributed by atoms with E-state index in [9.17, 15) is 18.4 Å². The van der Waals surface area contributed by atoms with Crippen molar-refractivity contribution in [3.63, 3.8) is 0 Å². The monoisotopic (exact) mass is 438 g/mol. The van der Waals surface area contributed by atoms with Crippen LogP contribution in [0.15, 0.2) is 53.7 Å². The third kappa shape index (κ3) is 3.41. The van der Waals surface area contributed by atoms with Gasteiger partial charge in [0, 0.05) is 24.9 Å². The van der Waals surface area contributed by atoms with Gasteiger partial charge in [-0.2, -0.15) is 9.61 Å². The lowest BCUT2D eigenvalue weighted by molar-refractivity contribution is 0.0949. The molecule has 1 aliphatic rings. The number of hydrogen-bond acceptors (Lipinski definition) is 7. The average molecular weight is 438 g/mol. The van der Waals surface area contributed by atoms with E-state index in [0.29, 0.717) is 0 Å². The van der Waals surface area contributed by atoms with Crippen molar-refractivity contribution in [3.8, 4) is 5.82 Å². The molecule has 5 rings (SSSR count). The standard InChI is InChI=1S/C20H16F2N8O2/c21-11-3-1-5-24-18(11)29-6-2-4-13(20(29)32)26-16-8-15(23)30-17(28-16)10(9-25-30)19(31)27-14-7-12(14)22/h1-6,8-9,12,14H,7,23H2,(H,26,28)(H,27,31)/t12-,14+/m0/s1. The number of nitrogens with one attached hydrogen (secondary N) is 2. The number of anilines is 3. The van der Waals surface area contributed by atoms with E-state index < -0.39 is 29.5 Å². The lowest BCUT2D eigenvalue weighted by Gasteiger charge is -2.10. The molecular formula is C20H16F2N8O2. The van der Waals surface area contributed by atoms with Gasteiger partial charge in [0.2, 0.25) is 0 Å². The number of nitrogens with zero attached hydrogens (tertiary/aromatic N) is 5. The largest absolute Gasteiger partial charge is 0.383 e. The molecule has 4 heterocycles. The number of aromatic nitrogens is 5. The Morgan fingerprint density at radius 3 is 2.84 bits per heavy atom. The van der Waals surface area contributed by atoms with Crippen molar-refractivity contribution in [2.75, 3.05) is 11.1 Å². The van der Waals surface area contributed by atoms with E-state index in [1.54, 1.807) is 6.07 Å². The number of carbonyl (C=O) groups is 1. The minimum absolute atomic E-state index is 0.0811. The molecule has 12 heteroatoms. The average Bonchev–Trinajstić information content (AvgIpc) is 3.28. The van der Waals surface area contributed by atoms with Gasteiger partial charge in [-0.25, -0.2) is 18.7 Å². The van der Waals surface area contributed by atoms with Crippen LogP contribution < -0.4 is 21.9 Å². The fraction of sp³-hybridized carbons (Fsp3) is 0.150. The summed E-state index contributed by atoms with van der Waals surface area (Å²) in [6.07, 6.45) is 3.26. The highest BCUT2D eigenvalue weighted by atomic mass is 19.1. The molecule has 10 nitrogen and oxygen atoms in total. The second kappa shape index (κ2) is 7.41. The van der Waals surface area contributed by atoms with E-state index in [1.807, 2.05) is 0 Å². The summed E-state index contributed by atoms with van der Waals surface area (Å²) >= 11 is 0. The molecule has 0 unspecified atom stereocenters. The maximum atomic E-state index is 14.1. The third-order valence-corrected chi connectivity index (χ3v) is 4.95. The lowest BCUT2D eigenvalue weighted by Crippen LogP contribution is -2.27. The number of halogens is 2. The minimum Gasteiger partial charge on any atom is -0.383 e. The first kappa shape index (κ1) is 19.6. The van der Waals surface area contributed by atoms with Crippen LogP contribution in [0.3, 0.4) is 0 Å². The van der Waals surface area contributed by atoms with Crippen LogP contribution in [0.4, 0.5) is 26.1 Å². The number of nitrogens with two attached hydrogens (primary N) is 1. The molecule has 4 N–H and O–H groups in total. The highest BCUT2D eigenvalue weighted by Crippen LogP contribution is 2.26. The minimum atomic E-state index is -1.06. The molecule has 0 radical (unpaired) electrons. The molecule has 4 aromatic heterocycles. The number of hydrogen-bond donors (Lipinski definition) is 3. The summed E-state index contributed by atoms with van der Waals surface area (Å²) in [7, 11) is 0. The van der Waals surface area contributed by atoms with Gasteiger partial charge in [0.05, 0.1) is 12.2 Å². The van der Waals surface area contributed by atoms with Crippen molar-refractivity contribution in [2.24, 2.45) is 0 Å². The van der Waals surface area contributed by atoms with E-state index in [0.717, 1.165) is 4.57 Å². The van der Waals surface area contributed by atoms with Crippen molar-refractivity contribution >= 4 is 28.9 Å². The predicted octanol–water partition coefficient (Wildman–Crippen LogP) is 1.58. The molecule has 0 aromatic carbocycles. The first-order valence-corrected chi connectivity index (χ1v) is 9.61. The number of alkyl halides is 1. The maximum absolute atomic E-state index is 14.1. The Balaban J connectivity index is 1.50. The van der Waals surface area contributed by atoms with Gasteiger partial charge in [0.15, 0.2) is 17.3 Å². The van der Waals surface area contributed by atoms with Crippen molar-refractivity contribution < 1.29 is 13.6 Å². The zero-order valence-corrected chi connectivity index (χ0v) is 16.4. The van der Waals surface area contributed by atoms with Gasteiger partial charge >= 0.3 is 0 Å². The topological polar surface area (TPSA) is 132 Å². The van der Waals surface area contributed by atoms with Gasteiger partial charge in [-0.15, -0.1) is 0 Å². The van der Waals surface area contributed by atoms with Crippen LogP contribution in [0.5, 0.6) is 0 Å². The fourth-order valence-corrected chi connectivity index (χ4v) is 3.22. The summed E-state index contributed by atoms with van der Waals surface area (Å²) in [4.78, 5) is 33.6. The summed E-state index contributed by atoms with van der Waals surface area (Å²) < 4.78 is 29.6. The van der Waals surface area contributed by atoms with Crippen LogP contribution in [-0.4, -0.2) is 42.3 Å². The zero-order chi connectivity index (χ0) is 22.4. The molecule has 32 heavy (non-hydrogen) atoms. The Labute approximate surface area is 178 Å². The smallest absolute Gasteiger partial charge is 0.280 e. The van der Waals surface area contributed by atoms with Crippen molar-refractivity contribution in [3.05, 3.63) is 70.7 Å². The molecule has 4 aromatic rings. The van der Waals surface area contributed by atoms with Crippen molar-refractivity contribution in [2.45, 2.75) is 18.6 Å². The Morgan fingerprint density at radius 2 is 2.09 bits per heavy atom. The molecule has 1 saturated carbocycles. The van der Waals surface area contributed by atoms with Gasteiger partial charge in [0.25, 0.3) is 11.5 Å². The van der Waals surface area contributed by atoms with Gasteiger partial charge in [-0.05, 0) is 24.3 Å². The second-order valence-electron chi connectivity index (χ2n) is 7.22. The van der Waals surface area contributed by atoms with Crippen molar-refractivity contribution in [1.82, 2.24) is 29.5 Å². The van der Waals surface area contributed by atoms with Crippen LogP contribution in [0.1, 0.15) is 16.8 Å². The number of fused-ring (bicyclic) bond motifs is 1. The van der Waals surface area contributed by atoms with Gasteiger partial charge in [0.1, 0.15) is 29.1 Å². The van der Waals surface area contributed by atoms with E-state index in [2.05, 4.69) is 25.7 Å². The Kier molecular flexibility index (Phi) is 4.54. The number of nitrogen functional groups attached to an aromatic ring is 1. The summed E-state index contributed by atoms with van der Waals surface area (Å²) in [5, 5.41) is 9.45. The summed E-state index contributed by atoms with van der Waals surface area (Å²) in [6, 6.07) is 6.55. The Bertz CT molecular complexity index is 1420. The molecule has 0 saturated heterocycles. The van der Waals surface area contributed by atoms with Gasteiger partial charge in [-0.1, -0.05) is 0 Å². The highest BCUT2D eigenvalue weighted by molar-refractivity contribution is 6.00. The lowest BCUT2D eigenvalue weighted by atomic mass is 10.3. The van der Waals surface area contributed by atoms with E-state index in [-0.39, 0.29) is 40.8 Å². The zero-order valence-electron chi connectivity index (χ0n) is 16.4. The third-order valence-electron chi connectivity index (χ3n) is 4.95. The van der Waals surface area contributed by atoms with Crippen LogP contribution in [0, 0.1) is 5.82 Å². The predicted molar refractivity (Wildman–Crippen MR) is 111 cm³/mol. The number of carbonyl (C=O) groups excluding carboxylic acids is 1. The normalized spacial score (nSPS) is 17.3. The first-order chi connectivity index (χ1) is 15.4. The molecular weight excluding hydrogens is 422 g/mol. The molecule has 1 amide bonds. The number of amides is 1. The molecule has 1 aliphatic carbocycles. The number of pyridine rings is 2. The van der Waals surface area contributed by atoms with E-state index in [4.69, 9.17) is 5.73 Å². The van der Waals surface area contributed by atoms with Crippen LogP contribution in [-0.2, 0) is 0 Å². The van der Waals surface area contributed by atoms with Gasteiger partial charge < -0.3 is 16.4 Å². The molecule has 0 spiro atoms. The maximum Gasteiger partial charge on any atom is 0.280 e. The van der Waals surface area contributed by atoms with E-state index >= 15 is 0 Å². The highest BCUT2D eigenvalue weighted by Gasteiger charge is 2.39. The van der Waals surface area contributed by atoms with Crippen LogP contribution >= 0.6 is 0 Å². The summed E-state index contributed by atoms with van der Waals surface area (Å²) in [6.45, 7) is 0.